The third-order valence-corrected chi connectivity index (χ3v) is 5.36. The van der Waals surface area contributed by atoms with Gasteiger partial charge in [0.2, 0.25) is 0 Å². The molecule has 0 saturated carbocycles. The molecule has 0 amide bonds. The van der Waals surface area contributed by atoms with E-state index >= 15 is 0 Å². The first kappa shape index (κ1) is 18.7. The maximum absolute atomic E-state index is 12.0. The Balaban J connectivity index is 1.97. The fraction of sp³-hybridized carbons (Fsp3) is 0.174. The van der Waals surface area contributed by atoms with Gasteiger partial charge in [0.15, 0.2) is 5.78 Å². The van der Waals surface area contributed by atoms with Crippen LogP contribution in [0.25, 0.3) is 0 Å². The van der Waals surface area contributed by atoms with E-state index in [2.05, 4.69) is 0 Å². The predicted octanol–water partition coefficient (Wildman–Crippen LogP) is 3.22. The van der Waals surface area contributed by atoms with Crippen LogP contribution in [0, 0.1) is 11.3 Å². The minimum atomic E-state index is -1.12. The Labute approximate surface area is 166 Å². The minimum Gasteiger partial charge on any atom is -0.508 e. The van der Waals surface area contributed by atoms with Crippen molar-refractivity contribution in [2.45, 2.75) is 12.8 Å². The molecule has 0 fully saturated rings. The zero-order chi connectivity index (χ0) is 20.8. The molecule has 0 aromatic heterocycles. The van der Waals surface area contributed by atoms with Crippen LogP contribution in [0.5, 0.6) is 11.5 Å². The second-order valence-corrected chi connectivity index (χ2v) is 7.46. The third kappa shape index (κ3) is 3.23. The van der Waals surface area contributed by atoms with Gasteiger partial charge in [0.25, 0.3) is 0 Å². The van der Waals surface area contributed by atoms with E-state index in [1.54, 1.807) is 37.3 Å². The Kier molecular flexibility index (Phi) is 4.34. The van der Waals surface area contributed by atoms with Gasteiger partial charge in [-0.25, -0.2) is 4.79 Å². The van der Waals surface area contributed by atoms with E-state index in [9.17, 15) is 24.6 Å². The second-order valence-electron chi connectivity index (χ2n) is 7.46. The van der Waals surface area contributed by atoms with E-state index in [0.29, 0.717) is 22.6 Å². The average molecular weight is 390 g/mol. The summed E-state index contributed by atoms with van der Waals surface area (Å²) in [5, 5.41) is 19.7. The summed E-state index contributed by atoms with van der Waals surface area (Å²) in [6, 6.07) is 4.63. The SMILES string of the molecule is CC1(C=O)C=CC(C(=O)O)=C(C2c3ccc(O)cc3OC3=CC(=O)C=CC32)C=C1. The molecule has 0 radical (unpaired) electrons. The molecule has 1 aliphatic heterocycles. The Hall–Kier alpha value is -3.67. The molecule has 146 valence electrons. The number of hydrogen-bond acceptors (Lipinski definition) is 5. The molecule has 0 spiro atoms. The Morgan fingerprint density at radius 3 is 2.69 bits per heavy atom. The molecule has 3 aliphatic rings. The summed E-state index contributed by atoms with van der Waals surface area (Å²) in [6.45, 7) is 1.69. The van der Waals surface area contributed by atoms with Crippen molar-refractivity contribution in [1.82, 2.24) is 0 Å². The maximum atomic E-state index is 12.0. The summed E-state index contributed by atoms with van der Waals surface area (Å²) in [7, 11) is 0. The number of aldehydes is 1. The molecule has 6 heteroatoms. The van der Waals surface area contributed by atoms with Crippen LogP contribution in [0.1, 0.15) is 18.4 Å². The Bertz CT molecular complexity index is 1080. The molecule has 0 saturated heterocycles. The number of carboxylic acid groups (broad SMARTS) is 1. The van der Waals surface area contributed by atoms with Gasteiger partial charge in [-0.1, -0.05) is 36.4 Å². The summed E-state index contributed by atoms with van der Waals surface area (Å²) in [5.41, 5.74) is 0.305. The van der Waals surface area contributed by atoms with Gasteiger partial charge >= 0.3 is 5.97 Å². The lowest BCUT2D eigenvalue weighted by molar-refractivity contribution is -0.132. The topological polar surface area (TPSA) is 101 Å². The lowest BCUT2D eigenvalue weighted by Gasteiger charge is -2.36. The fourth-order valence-corrected chi connectivity index (χ4v) is 3.82. The van der Waals surface area contributed by atoms with E-state index < -0.39 is 23.2 Å². The normalized spacial score (nSPS) is 27.5. The van der Waals surface area contributed by atoms with Crippen molar-refractivity contribution in [2.24, 2.45) is 11.3 Å². The number of ketones is 1. The van der Waals surface area contributed by atoms with Crippen molar-refractivity contribution < 1.29 is 29.3 Å². The van der Waals surface area contributed by atoms with Crippen LogP contribution < -0.4 is 4.74 Å². The third-order valence-electron chi connectivity index (χ3n) is 5.36. The van der Waals surface area contributed by atoms with Crippen molar-refractivity contribution in [3.8, 4) is 11.5 Å². The number of aliphatic carboxylic acids is 1. The number of rotatable bonds is 3. The van der Waals surface area contributed by atoms with Gasteiger partial charge in [-0.3, -0.25) is 4.79 Å². The molecule has 4 rings (SSSR count). The number of phenols is 1. The van der Waals surface area contributed by atoms with Crippen molar-refractivity contribution in [1.29, 1.82) is 0 Å². The van der Waals surface area contributed by atoms with Crippen LogP contribution in [0.4, 0.5) is 0 Å². The van der Waals surface area contributed by atoms with Crippen molar-refractivity contribution >= 4 is 18.0 Å². The van der Waals surface area contributed by atoms with Crippen molar-refractivity contribution in [2.75, 3.05) is 0 Å². The van der Waals surface area contributed by atoms with Crippen LogP contribution in [0.15, 0.2) is 77.6 Å². The quantitative estimate of drug-likeness (QED) is 0.769. The van der Waals surface area contributed by atoms with Crippen molar-refractivity contribution in [3.05, 3.63) is 83.2 Å². The summed E-state index contributed by atoms with van der Waals surface area (Å²) in [4.78, 5) is 35.4. The number of aromatic hydroxyl groups is 1. The smallest absolute Gasteiger partial charge is 0.335 e. The van der Waals surface area contributed by atoms with Crippen LogP contribution in [0.2, 0.25) is 0 Å². The highest BCUT2D eigenvalue weighted by molar-refractivity contribution is 6.01. The molecule has 0 bridgehead atoms. The first-order valence-electron chi connectivity index (χ1n) is 9.08. The summed E-state index contributed by atoms with van der Waals surface area (Å²) in [5.74, 6) is -1.48. The monoisotopic (exact) mass is 390 g/mol. The lowest BCUT2D eigenvalue weighted by atomic mass is 9.74. The number of fused-ring (bicyclic) bond motifs is 2. The zero-order valence-corrected chi connectivity index (χ0v) is 15.5. The first-order chi connectivity index (χ1) is 13.8. The number of benzene rings is 1. The number of phenolic OH excluding ortho intramolecular Hbond substituents is 1. The highest BCUT2D eigenvalue weighted by atomic mass is 16.5. The van der Waals surface area contributed by atoms with Gasteiger partial charge in [-0.15, -0.1) is 0 Å². The van der Waals surface area contributed by atoms with Gasteiger partial charge in [-0.05, 0) is 24.6 Å². The Morgan fingerprint density at radius 2 is 1.97 bits per heavy atom. The molecule has 2 N–H and O–H groups in total. The highest BCUT2D eigenvalue weighted by Crippen LogP contribution is 2.50. The summed E-state index contributed by atoms with van der Waals surface area (Å²) < 4.78 is 5.86. The molecule has 1 heterocycles. The van der Waals surface area contributed by atoms with E-state index in [4.69, 9.17) is 4.74 Å². The van der Waals surface area contributed by atoms with Crippen LogP contribution in [-0.2, 0) is 14.4 Å². The summed E-state index contributed by atoms with van der Waals surface area (Å²) >= 11 is 0. The average Bonchev–Trinajstić information content (AvgIpc) is 2.85. The van der Waals surface area contributed by atoms with Gasteiger partial charge in [0.1, 0.15) is 23.5 Å². The van der Waals surface area contributed by atoms with E-state index in [1.807, 2.05) is 0 Å². The zero-order valence-electron chi connectivity index (χ0n) is 15.5. The number of carboxylic acids is 1. The molecular formula is C23H18O6. The molecule has 6 nitrogen and oxygen atoms in total. The molecule has 3 atom stereocenters. The molecule has 2 aliphatic carbocycles. The minimum absolute atomic E-state index is 0.00324. The Morgan fingerprint density at radius 1 is 1.21 bits per heavy atom. The molecule has 29 heavy (non-hydrogen) atoms. The number of allylic oxidation sites excluding steroid dienone is 7. The van der Waals surface area contributed by atoms with Crippen LogP contribution in [0.3, 0.4) is 0 Å². The summed E-state index contributed by atoms with van der Waals surface area (Å²) in [6.07, 6.45) is 11.6. The highest BCUT2D eigenvalue weighted by Gasteiger charge is 2.39. The molecular weight excluding hydrogens is 372 g/mol. The molecule has 1 aromatic rings. The molecule has 1 aromatic carbocycles. The second kappa shape index (κ2) is 6.74. The van der Waals surface area contributed by atoms with Crippen LogP contribution in [-0.4, -0.2) is 28.3 Å². The number of hydrogen-bond donors (Lipinski definition) is 2. The number of carbonyl (C=O) groups excluding carboxylic acids is 2. The standard InChI is InChI=1S/C23H18O6/c1-23(12-24)8-6-15(16(7-9-23)22(27)28)21-17-4-2-13(25)10-19(17)29-20-11-14(26)3-5-18(20)21/h2-12,17,21,26H,1H3,(H,27,28). The largest absolute Gasteiger partial charge is 0.508 e. The maximum Gasteiger partial charge on any atom is 0.335 e. The number of carbonyl (C=O) groups is 3. The van der Waals surface area contributed by atoms with Crippen LogP contribution >= 0.6 is 0 Å². The van der Waals surface area contributed by atoms with Crippen molar-refractivity contribution in [3.63, 3.8) is 0 Å². The number of ether oxygens (including phenoxy) is 1. The van der Waals surface area contributed by atoms with Gasteiger partial charge in [0.05, 0.1) is 11.0 Å². The first-order valence-corrected chi connectivity index (χ1v) is 9.08. The van der Waals surface area contributed by atoms with E-state index in [-0.39, 0.29) is 17.1 Å². The van der Waals surface area contributed by atoms with Gasteiger partial charge in [-0.2, -0.15) is 0 Å². The van der Waals surface area contributed by atoms with E-state index in [1.165, 1.54) is 30.4 Å². The van der Waals surface area contributed by atoms with Gasteiger partial charge < -0.3 is 19.7 Å². The predicted molar refractivity (Wildman–Crippen MR) is 104 cm³/mol. The van der Waals surface area contributed by atoms with Gasteiger partial charge in [0, 0.05) is 29.5 Å². The lowest BCUT2D eigenvalue weighted by Crippen LogP contribution is -2.27. The fourth-order valence-electron chi connectivity index (χ4n) is 3.82. The van der Waals surface area contributed by atoms with E-state index in [0.717, 1.165) is 6.29 Å². The molecule has 3 unspecified atom stereocenters.